The summed E-state index contributed by atoms with van der Waals surface area (Å²) in [6, 6.07) is -1.01. The van der Waals surface area contributed by atoms with Gasteiger partial charge in [0.05, 0.1) is 0 Å². The predicted octanol–water partition coefficient (Wildman–Crippen LogP) is 2.09. The highest BCUT2D eigenvalue weighted by atomic mass is 16.5. The number of carboxylic acid groups (broad SMARTS) is 1. The maximum Gasteiger partial charge on any atom is 0.327 e. The van der Waals surface area contributed by atoms with Crippen molar-refractivity contribution in [2.75, 3.05) is 26.8 Å². The van der Waals surface area contributed by atoms with Crippen molar-refractivity contribution in [2.24, 2.45) is 5.41 Å². The number of carbonyl (C=O) groups is 2. The molecule has 1 rings (SSSR count). The third-order valence-corrected chi connectivity index (χ3v) is 4.07. The van der Waals surface area contributed by atoms with Crippen LogP contribution < -0.4 is 5.32 Å². The maximum atomic E-state index is 12.2. The zero-order valence-electron chi connectivity index (χ0n) is 13.4. The van der Waals surface area contributed by atoms with E-state index < -0.39 is 12.0 Å². The van der Waals surface area contributed by atoms with Gasteiger partial charge in [-0.3, -0.25) is 0 Å². The first kappa shape index (κ1) is 17.8. The number of ether oxygens (including phenoxy) is 1. The van der Waals surface area contributed by atoms with E-state index in [9.17, 15) is 14.7 Å². The number of nitrogens with one attached hydrogen (secondary N) is 1. The topological polar surface area (TPSA) is 78.9 Å². The molecule has 6 heteroatoms. The number of hydrogen-bond acceptors (Lipinski definition) is 3. The Morgan fingerprint density at radius 3 is 2.67 bits per heavy atom. The first-order valence-corrected chi connectivity index (χ1v) is 7.66. The Bertz CT molecular complexity index is 358. The number of unbranched alkanes of at least 4 members (excludes halogenated alkanes) is 2. The van der Waals surface area contributed by atoms with Gasteiger partial charge < -0.3 is 20.1 Å². The molecule has 0 aromatic heterocycles. The molecule has 2 amide bonds. The second kappa shape index (κ2) is 8.22. The van der Waals surface area contributed by atoms with Gasteiger partial charge in [0.1, 0.15) is 6.04 Å². The lowest BCUT2D eigenvalue weighted by Gasteiger charge is -2.43. The Hall–Kier alpha value is -1.30. The van der Waals surface area contributed by atoms with Crippen LogP contribution in [0, 0.1) is 5.41 Å². The highest BCUT2D eigenvalue weighted by Crippen LogP contribution is 2.35. The van der Waals surface area contributed by atoms with E-state index in [4.69, 9.17) is 4.74 Å². The molecule has 1 saturated heterocycles. The molecule has 2 N–H and O–H groups in total. The summed E-state index contributed by atoms with van der Waals surface area (Å²) in [6.07, 6.45) is 4.51. The number of nitrogens with zero attached hydrogens (tertiary/aromatic N) is 1. The van der Waals surface area contributed by atoms with Crippen LogP contribution in [0.2, 0.25) is 0 Å². The van der Waals surface area contributed by atoms with Crippen molar-refractivity contribution in [3.63, 3.8) is 0 Å². The molecule has 122 valence electrons. The lowest BCUT2D eigenvalue weighted by Crippen LogP contribution is -2.58. The number of methoxy groups -OCH3 is 1. The molecular formula is C15H28N2O4. The number of hydrogen-bond donors (Lipinski definition) is 2. The first-order chi connectivity index (χ1) is 9.90. The van der Waals surface area contributed by atoms with Crippen LogP contribution in [0.5, 0.6) is 0 Å². The van der Waals surface area contributed by atoms with Crippen molar-refractivity contribution in [1.29, 1.82) is 0 Å². The molecule has 0 spiro atoms. The average Bonchev–Trinajstić information content (AvgIpc) is 2.40. The lowest BCUT2D eigenvalue weighted by molar-refractivity contribution is -0.148. The van der Waals surface area contributed by atoms with Gasteiger partial charge in [0.2, 0.25) is 0 Å². The first-order valence-electron chi connectivity index (χ1n) is 7.66. The summed E-state index contributed by atoms with van der Waals surface area (Å²) >= 11 is 0. The summed E-state index contributed by atoms with van der Waals surface area (Å²) < 4.78 is 4.97. The summed E-state index contributed by atoms with van der Waals surface area (Å²) in [4.78, 5) is 25.2. The van der Waals surface area contributed by atoms with Crippen molar-refractivity contribution < 1.29 is 19.4 Å². The van der Waals surface area contributed by atoms with E-state index in [2.05, 4.69) is 5.32 Å². The number of carbonyl (C=O) groups excluding carboxylic acids is 1. The van der Waals surface area contributed by atoms with Crippen LogP contribution in [0.4, 0.5) is 4.79 Å². The maximum absolute atomic E-state index is 12.2. The van der Waals surface area contributed by atoms with Gasteiger partial charge in [-0.25, -0.2) is 9.59 Å². The number of urea groups is 1. The summed E-state index contributed by atoms with van der Waals surface area (Å²) in [7, 11) is 1.67. The van der Waals surface area contributed by atoms with E-state index in [0.29, 0.717) is 13.1 Å². The molecule has 21 heavy (non-hydrogen) atoms. The molecule has 0 radical (unpaired) electrons. The van der Waals surface area contributed by atoms with Gasteiger partial charge in [-0.15, -0.1) is 0 Å². The summed E-state index contributed by atoms with van der Waals surface area (Å²) in [6.45, 7) is 5.64. The second-order valence-electron chi connectivity index (χ2n) is 6.31. The second-order valence-corrected chi connectivity index (χ2v) is 6.31. The average molecular weight is 300 g/mol. The summed E-state index contributed by atoms with van der Waals surface area (Å²) in [5.41, 5.74) is -0.389. The van der Waals surface area contributed by atoms with Gasteiger partial charge in [0.15, 0.2) is 0 Å². The zero-order chi connectivity index (χ0) is 15.9. The van der Waals surface area contributed by atoms with Crippen molar-refractivity contribution in [1.82, 2.24) is 10.2 Å². The molecule has 1 aliphatic heterocycles. The minimum absolute atomic E-state index is 0.262. The van der Waals surface area contributed by atoms with Crippen LogP contribution in [-0.2, 0) is 9.53 Å². The van der Waals surface area contributed by atoms with E-state index in [-0.39, 0.29) is 11.4 Å². The number of amides is 2. The predicted molar refractivity (Wildman–Crippen MR) is 80.3 cm³/mol. The van der Waals surface area contributed by atoms with Gasteiger partial charge in [-0.2, -0.15) is 0 Å². The van der Waals surface area contributed by atoms with Gasteiger partial charge in [0.25, 0.3) is 0 Å². The Kier molecular flexibility index (Phi) is 6.95. The van der Waals surface area contributed by atoms with Crippen LogP contribution in [0.3, 0.4) is 0 Å². The minimum atomic E-state index is -0.921. The third-order valence-electron chi connectivity index (χ3n) is 4.07. The fraction of sp³-hybridized carbons (Fsp3) is 0.867. The van der Waals surface area contributed by atoms with Crippen molar-refractivity contribution >= 4 is 12.0 Å². The highest BCUT2D eigenvalue weighted by molar-refractivity contribution is 5.83. The molecule has 0 bridgehead atoms. The van der Waals surface area contributed by atoms with Crippen LogP contribution in [0.25, 0.3) is 0 Å². The lowest BCUT2D eigenvalue weighted by atomic mass is 9.76. The van der Waals surface area contributed by atoms with Gasteiger partial charge in [-0.1, -0.05) is 13.8 Å². The number of aliphatic carboxylic acids is 1. The smallest absolute Gasteiger partial charge is 0.327 e. The SMILES string of the molecule is COCCCCCNC(=O)N1CCCC(C)(C)C1C(=O)O. The fourth-order valence-corrected chi connectivity index (χ4v) is 2.92. The van der Waals surface area contributed by atoms with Crippen molar-refractivity contribution in [3.05, 3.63) is 0 Å². The van der Waals surface area contributed by atoms with E-state index in [1.165, 1.54) is 4.90 Å². The zero-order valence-corrected chi connectivity index (χ0v) is 13.4. The molecule has 1 aliphatic rings. The standard InChI is InChI=1S/C15H28N2O4/c1-15(2)8-7-10-17(12(15)13(18)19)14(20)16-9-5-4-6-11-21-3/h12H,4-11H2,1-3H3,(H,16,20)(H,18,19). The van der Waals surface area contributed by atoms with Gasteiger partial charge >= 0.3 is 12.0 Å². The highest BCUT2D eigenvalue weighted by Gasteiger charge is 2.44. The summed E-state index contributed by atoms with van der Waals surface area (Å²) in [5, 5.41) is 12.3. The Balaban J connectivity index is 2.46. The van der Waals surface area contributed by atoms with E-state index in [1.807, 2.05) is 13.8 Å². The molecule has 0 aromatic rings. The van der Waals surface area contributed by atoms with Crippen molar-refractivity contribution in [3.8, 4) is 0 Å². The molecule has 6 nitrogen and oxygen atoms in total. The third kappa shape index (κ3) is 5.19. The Morgan fingerprint density at radius 2 is 2.05 bits per heavy atom. The molecule has 0 aliphatic carbocycles. The Morgan fingerprint density at radius 1 is 1.33 bits per heavy atom. The van der Waals surface area contributed by atoms with Crippen LogP contribution in [-0.4, -0.2) is 54.9 Å². The monoisotopic (exact) mass is 300 g/mol. The molecule has 1 atom stereocenters. The quantitative estimate of drug-likeness (QED) is 0.706. The van der Waals surface area contributed by atoms with E-state index >= 15 is 0 Å². The molecular weight excluding hydrogens is 272 g/mol. The normalized spacial score (nSPS) is 21.1. The molecule has 1 unspecified atom stereocenters. The molecule has 1 fully saturated rings. The van der Waals surface area contributed by atoms with Crippen LogP contribution >= 0.6 is 0 Å². The van der Waals surface area contributed by atoms with Crippen LogP contribution in [0.15, 0.2) is 0 Å². The van der Waals surface area contributed by atoms with E-state index in [0.717, 1.165) is 38.7 Å². The van der Waals surface area contributed by atoms with Gasteiger partial charge in [-0.05, 0) is 37.5 Å². The number of piperidine rings is 1. The molecule has 1 heterocycles. The largest absolute Gasteiger partial charge is 0.480 e. The number of likely N-dealkylation sites (tertiary alicyclic amines) is 1. The summed E-state index contributed by atoms with van der Waals surface area (Å²) in [5.74, 6) is -0.921. The fourth-order valence-electron chi connectivity index (χ4n) is 2.92. The van der Waals surface area contributed by atoms with Gasteiger partial charge in [0, 0.05) is 26.8 Å². The molecule has 0 aromatic carbocycles. The van der Waals surface area contributed by atoms with E-state index in [1.54, 1.807) is 7.11 Å². The van der Waals surface area contributed by atoms with Crippen molar-refractivity contribution in [2.45, 2.75) is 52.0 Å². The van der Waals surface area contributed by atoms with Crippen LogP contribution in [0.1, 0.15) is 46.0 Å². The molecule has 0 saturated carbocycles. The number of rotatable bonds is 7. The number of carboxylic acids is 1. The Labute approximate surface area is 126 Å². The minimum Gasteiger partial charge on any atom is -0.480 e.